The van der Waals surface area contributed by atoms with E-state index in [1.54, 1.807) is 24.3 Å². The number of ether oxygens (including phenoxy) is 1. The van der Waals surface area contributed by atoms with Crippen LogP contribution in [0, 0.1) is 0 Å². The minimum Gasteiger partial charge on any atom is -0.458 e. The summed E-state index contributed by atoms with van der Waals surface area (Å²) in [5.74, 6) is -0.311. The van der Waals surface area contributed by atoms with E-state index in [0.717, 1.165) is 32.7 Å². The Kier molecular flexibility index (Phi) is 5.40. The Balaban J connectivity index is 1.82. The highest BCUT2D eigenvalue weighted by Crippen LogP contribution is 2.13. The summed E-state index contributed by atoms with van der Waals surface area (Å²) in [7, 11) is 2.12. The molecule has 0 aliphatic carbocycles. The number of piperazine rings is 1. The third-order valence-electron chi connectivity index (χ3n) is 3.48. The van der Waals surface area contributed by atoms with Crippen molar-refractivity contribution in [2.24, 2.45) is 0 Å². The second kappa shape index (κ2) is 7.07. The van der Waals surface area contributed by atoms with Crippen LogP contribution in [0.4, 0.5) is 0 Å². The molecule has 1 saturated heterocycles. The topological polar surface area (TPSA) is 32.8 Å². The van der Waals surface area contributed by atoms with Crippen LogP contribution < -0.4 is 0 Å². The van der Waals surface area contributed by atoms with Crippen molar-refractivity contribution in [2.45, 2.75) is 13.0 Å². The Bertz CT molecular complexity index is 459. The average molecular weight is 297 g/mol. The molecular formula is C15H21ClN2O2. The van der Waals surface area contributed by atoms with Gasteiger partial charge < -0.3 is 9.64 Å². The number of hydrogen-bond donors (Lipinski definition) is 0. The molecule has 1 aliphatic rings. The van der Waals surface area contributed by atoms with Gasteiger partial charge in [0.2, 0.25) is 0 Å². The highest BCUT2D eigenvalue weighted by molar-refractivity contribution is 6.30. The summed E-state index contributed by atoms with van der Waals surface area (Å²) < 4.78 is 5.47. The first-order valence-corrected chi connectivity index (χ1v) is 7.30. The highest BCUT2D eigenvalue weighted by Gasteiger charge is 2.18. The van der Waals surface area contributed by atoms with Crippen LogP contribution in [-0.2, 0) is 4.74 Å². The molecular weight excluding hydrogens is 276 g/mol. The number of halogens is 1. The van der Waals surface area contributed by atoms with Crippen LogP contribution in [0.5, 0.6) is 0 Å². The Hall–Kier alpha value is -1.10. The largest absolute Gasteiger partial charge is 0.458 e. The molecule has 0 unspecified atom stereocenters. The maximum absolute atomic E-state index is 12.0. The maximum atomic E-state index is 12.0. The van der Waals surface area contributed by atoms with Gasteiger partial charge in [0, 0.05) is 37.7 Å². The van der Waals surface area contributed by atoms with Gasteiger partial charge in [0.1, 0.15) is 6.10 Å². The van der Waals surface area contributed by atoms with E-state index >= 15 is 0 Å². The van der Waals surface area contributed by atoms with Crippen LogP contribution in [0.15, 0.2) is 24.3 Å². The molecule has 0 aromatic heterocycles. The molecule has 0 spiro atoms. The summed E-state index contributed by atoms with van der Waals surface area (Å²) in [6.07, 6.45) is -0.120. The van der Waals surface area contributed by atoms with Crippen molar-refractivity contribution >= 4 is 17.6 Å². The predicted octanol–water partition coefficient (Wildman–Crippen LogP) is 2.13. The van der Waals surface area contributed by atoms with E-state index in [2.05, 4.69) is 16.8 Å². The van der Waals surface area contributed by atoms with Crippen molar-refractivity contribution in [3.05, 3.63) is 34.9 Å². The minimum absolute atomic E-state index is 0.120. The second-order valence-electron chi connectivity index (χ2n) is 5.33. The lowest BCUT2D eigenvalue weighted by Crippen LogP contribution is -2.47. The summed E-state index contributed by atoms with van der Waals surface area (Å²) in [4.78, 5) is 16.6. The molecule has 20 heavy (non-hydrogen) atoms. The summed E-state index contributed by atoms with van der Waals surface area (Å²) in [5, 5.41) is 0.547. The molecule has 0 saturated carbocycles. The number of benzene rings is 1. The lowest BCUT2D eigenvalue weighted by Gasteiger charge is -2.33. The third-order valence-corrected chi connectivity index (χ3v) is 3.71. The average Bonchev–Trinajstić information content (AvgIpc) is 2.41. The van der Waals surface area contributed by atoms with Gasteiger partial charge in [0.15, 0.2) is 0 Å². The Labute approximate surface area is 125 Å². The first kappa shape index (κ1) is 15.3. The summed E-state index contributed by atoms with van der Waals surface area (Å²) in [6.45, 7) is 6.88. The van der Waals surface area contributed by atoms with Crippen molar-refractivity contribution in [1.29, 1.82) is 0 Å². The molecule has 1 heterocycles. The van der Waals surface area contributed by atoms with Crippen LogP contribution in [0.3, 0.4) is 0 Å². The van der Waals surface area contributed by atoms with Crippen molar-refractivity contribution in [2.75, 3.05) is 39.8 Å². The number of hydrogen-bond acceptors (Lipinski definition) is 4. The molecule has 1 aromatic rings. The van der Waals surface area contributed by atoms with E-state index in [1.165, 1.54) is 0 Å². The predicted molar refractivity (Wildman–Crippen MR) is 80.3 cm³/mol. The SMILES string of the molecule is C[C@@H](CN1CCN(C)CC1)OC(=O)c1cccc(Cl)c1. The van der Waals surface area contributed by atoms with Crippen LogP contribution in [0.25, 0.3) is 0 Å². The van der Waals surface area contributed by atoms with E-state index < -0.39 is 0 Å². The van der Waals surface area contributed by atoms with Gasteiger partial charge in [-0.2, -0.15) is 0 Å². The number of esters is 1. The zero-order valence-electron chi connectivity index (χ0n) is 12.0. The summed E-state index contributed by atoms with van der Waals surface area (Å²) in [5.41, 5.74) is 0.503. The van der Waals surface area contributed by atoms with E-state index in [1.807, 2.05) is 6.92 Å². The number of carbonyl (C=O) groups excluding carboxylic acids is 1. The standard InChI is InChI=1S/C15H21ClN2O2/c1-12(11-18-8-6-17(2)7-9-18)20-15(19)13-4-3-5-14(16)10-13/h3-5,10,12H,6-9,11H2,1-2H3/t12-/m0/s1. The van der Waals surface area contributed by atoms with E-state index in [-0.39, 0.29) is 12.1 Å². The molecule has 0 amide bonds. The molecule has 0 N–H and O–H groups in total. The molecule has 5 heteroatoms. The van der Waals surface area contributed by atoms with Crippen molar-refractivity contribution < 1.29 is 9.53 Å². The highest BCUT2D eigenvalue weighted by atomic mass is 35.5. The van der Waals surface area contributed by atoms with E-state index in [0.29, 0.717) is 10.6 Å². The number of carbonyl (C=O) groups is 1. The quantitative estimate of drug-likeness (QED) is 0.797. The van der Waals surface area contributed by atoms with Gasteiger partial charge in [0.25, 0.3) is 0 Å². The molecule has 4 nitrogen and oxygen atoms in total. The molecule has 1 fully saturated rings. The first-order chi connectivity index (χ1) is 9.54. The van der Waals surface area contributed by atoms with Crippen molar-refractivity contribution in [3.8, 4) is 0 Å². The first-order valence-electron chi connectivity index (χ1n) is 6.92. The van der Waals surface area contributed by atoms with Crippen LogP contribution in [-0.4, -0.2) is 61.6 Å². The number of nitrogens with zero attached hydrogens (tertiary/aromatic N) is 2. The lowest BCUT2D eigenvalue weighted by atomic mass is 10.2. The van der Waals surface area contributed by atoms with E-state index in [4.69, 9.17) is 16.3 Å². The van der Waals surface area contributed by atoms with Crippen LogP contribution >= 0.6 is 11.6 Å². The zero-order chi connectivity index (χ0) is 14.5. The molecule has 1 atom stereocenters. The molecule has 1 aromatic carbocycles. The Morgan fingerprint density at radius 3 is 2.70 bits per heavy atom. The van der Waals surface area contributed by atoms with Gasteiger partial charge in [-0.3, -0.25) is 4.90 Å². The number of likely N-dealkylation sites (N-methyl/N-ethyl adjacent to an activating group) is 1. The smallest absolute Gasteiger partial charge is 0.338 e. The maximum Gasteiger partial charge on any atom is 0.338 e. The van der Waals surface area contributed by atoms with Gasteiger partial charge in [-0.1, -0.05) is 17.7 Å². The van der Waals surface area contributed by atoms with Crippen LogP contribution in [0.2, 0.25) is 5.02 Å². The van der Waals surface area contributed by atoms with Crippen LogP contribution in [0.1, 0.15) is 17.3 Å². The lowest BCUT2D eigenvalue weighted by molar-refractivity contribution is 0.0207. The zero-order valence-corrected chi connectivity index (χ0v) is 12.8. The normalized spacial score (nSPS) is 18.8. The molecule has 110 valence electrons. The van der Waals surface area contributed by atoms with Crippen molar-refractivity contribution in [1.82, 2.24) is 9.80 Å². The van der Waals surface area contributed by atoms with Gasteiger partial charge in [-0.15, -0.1) is 0 Å². The van der Waals surface area contributed by atoms with E-state index in [9.17, 15) is 4.79 Å². The summed E-state index contributed by atoms with van der Waals surface area (Å²) >= 11 is 5.87. The van der Waals surface area contributed by atoms with Gasteiger partial charge in [-0.25, -0.2) is 4.79 Å². The molecule has 2 rings (SSSR count). The monoisotopic (exact) mass is 296 g/mol. The molecule has 0 radical (unpaired) electrons. The van der Waals surface area contributed by atoms with Gasteiger partial charge in [0.05, 0.1) is 5.56 Å². The minimum atomic E-state index is -0.311. The van der Waals surface area contributed by atoms with Gasteiger partial charge >= 0.3 is 5.97 Å². The molecule has 0 bridgehead atoms. The second-order valence-corrected chi connectivity index (χ2v) is 5.77. The molecule has 1 aliphatic heterocycles. The third kappa shape index (κ3) is 4.47. The summed E-state index contributed by atoms with van der Waals surface area (Å²) in [6, 6.07) is 6.85. The fourth-order valence-electron chi connectivity index (χ4n) is 2.30. The fraction of sp³-hybridized carbons (Fsp3) is 0.533. The van der Waals surface area contributed by atoms with Gasteiger partial charge in [-0.05, 0) is 32.2 Å². The Morgan fingerprint density at radius 2 is 2.05 bits per heavy atom. The Morgan fingerprint density at radius 1 is 1.35 bits per heavy atom. The fourth-order valence-corrected chi connectivity index (χ4v) is 2.49. The number of rotatable bonds is 4. The van der Waals surface area contributed by atoms with Crippen molar-refractivity contribution in [3.63, 3.8) is 0 Å².